The van der Waals surface area contributed by atoms with Crippen LogP contribution in [0.2, 0.25) is 0 Å². The summed E-state index contributed by atoms with van der Waals surface area (Å²) < 4.78 is 16.2. The second-order valence-electron chi connectivity index (χ2n) is 8.77. The molecule has 2 aliphatic rings. The Bertz CT molecular complexity index is 1170. The van der Waals surface area contributed by atoms with E-state index in [1.807, 2.05) is 29.2 Å². The molecule has 2 aromatic carbocycles. The molecule has 5 rings (SSSR count). The third-order valence-corrected chi connectivity index (χ3v) is 6.95. The van der Waals surface area contributed by atoms with E-state index in [0.717, 1.165) is 53.8 Å². The molecule has 1 aromatic heterocycles. The van der Waals surface area contributed by atoms with E-state index in [-0.39, 0.29) is 23.7 Å². The third kappa shape index (κ3) is 3.54. The summed E-state index contributed by atoms with van der Waals surface area (Å²) in [5.41, 5.74) is 3.75. The molecule has 8 heteroatoms. The number of hydrogen-bond acceptors (Lipinski definition) is 6. The van der Waals surface area contributed by atoms with Crippen molar-refractivity contribution in [3.63, 3.8) is 0 Å². The maximum atomic E-state index is 13.7. The van der Waals surface area contributed by atoms with Gasteiger partial charge in [0.05, 0.1) is 33.1 Å². The van der Waals surface area contributed by atoms with E-state index >= 15 is 0 Å². The zero-order chi connectivity index (χ0) is 23.8. The van der Waals surface area contributed by atoms with E-state index in [9.17, 15) is 9.90 Å². The van der Waals surface area contributed by atoms with Crippen LogP contribution >= 0.6 is 0 Å². The number of hydrogen-bond donors (Lipinski definition) is 2. The van der Waals surface area contributed by atoms with Crippen LogP contribution in [0.3, 0.4) is 0 Å². The lowest BCUT2D eigenvalue weighted by Crippen LogP contribution is -2.40. The van der Waals surface area contributed by atoms with Crippen LogP contribution in [-0.2, 0) is 0 Å². The summed E-state index contributed by atoms with van der Waals surface area (Å²) in [6, 6.07) is 11.0. The first-order chi connectivity index (χ1) is 16.6. The normalized spacial score (nSPS) is 18.1. The van der Waals surface area contributed by atoms with Gasteiger partial charge in [0, 0.05) is 17.2 Å². The molecule has 2 heterocycles. The molecule has 1 fully saturated rings. The van der Waals surface area contributed by atoms with Crippen molar-refractivity contribution in [1.29, 1.82) is 0 Å². The number of carbonyl (C=O) groups excluding carboxylic acids is 1. The lowest BCUT2D eigenvalue weighted by atomic mass is 9.90. The van der Waals surface area contributed by atoms with Crippen molar-refractivity contribution >= 4 is 5.91 Å². The number of fused-ring (bicyclic) bond motifs is 1. The molecule has 34 heavy (non-hydrogen) atoms. The van der Waals surface area contributed by atoms with Crippen molar-refractivity contribution < 1.29 is 24.1 Å². The van der Waals surface area contributed by atoms with Gasteiger partial charge in [-0.2, -0.15) is 5.10 Å². The Morgan fingerprint density at radius 3 is 2.21 bits per heavy atom. The zero-order valence-electron chi connectivity index (χ0n) is 19.6. The number of nitrogens with one attached hydrogen (secondary N) is 1. The molecule has 0 spiro atoms. The minimum atomic E-state index is -0.384. The van der Waals surface area contributed by atoms with Crippen molar-refractivity contribution in [2.24, 2.45) is 0 Å². The first-order valence-electron chi connectivity index (χ1n) is 11.6. The lowest BCUT2D eigenvalue weighted by molar-refractivity contribution is 0.0605. The van der Waals surface area contributed by atoms with Gasteiger partial charge in [0.2, 0.25) is 5.75 Å². The number of methoxy groups -OCH3 is 3. The molecule has 1 aliphatic heterocycles. The number of phenols is 1. The summed E-state index contributed by atoms with van der Waals surface area (Å²) in [4.78, 5) is 15.7. The highest BCUT2D eigenvalue weighted by Gasteiger charge is 2.45. The fraction of sp³-hybridized carbons (Fsp3) is 0.385. The Hall–Kier alpha value is -3.68. The first-order valence-corrected chi connectivity index (χ1v) is 11.6. The molecular weight excluding hydrogens is 434 g/mol. The molecule has 0 bridgehead atoms. The van der Waals surface area contributed by atoms with Crippen molar-refractivity contribution in [3.8, 4) is 34.3 Å². The number of amides is 1. The molecule has 178 valence electrons. The Balaban J connectivity index is 1.69. The average molecular weight is 464 g/mol. The second kappa shape index (κ2) is 8.93. The van der Waals surface area contributed by atoms with Crippen molar-refractivity contribution in [3.05, 3.63) is 53.2 Å². The van der Waals surface area contributed by atoms with Gasteiger partial charge in [0.15, 0.2) is 11.5 Å². The van der Waals surface area contributed by atoms with E-state index in [1.165, 1.54) is 20.6 Å². The smallest absolute Gasteiger partial charge is 0.273 e. The molecule has 8 nitrogen and oxygen atoms in total. The summed E-state index contributed by atoms with van der Waals surface area (Å²) >= 11 is 0. The Labute approximate surface area is 198 Å². The Morgan fingerprint density at radius 2 is 1.62 bits per heavy atom. The number of nitrogens with zero attached hydrogens (tertiary/aromatic N) is 2. The van der Waals surface area contributed by atoms with E-state index < -0.39 is 0 Å². The van der Waals surface area contributed by atoms with Gasteiger partial charge in [0.1, 0.15) is 11.4 Å². The number of ether oxygens (including phenoxy) is 3. The molecule has 1 aliphatic carbocycles. The summed E-state index contributed by atoms with van der Waals surface area (Å²) in [5.74, 6) is 1.23. The predicted octanol–water partition coefficient (Wildman–Crippen LogP) is 4.69. The monoisotopic (exact) mass is 463 g/mol. The zero-order valence-corrected chi connectivity index (χ0v) is 19.6. The molecule has 1 saturated carbocycles. The van der Waals surface area contributed by atoms with Crippen LogP contribution in [0, 0.1) is 0 Å². The highest BCUT2D eigenvalue weighted by Crippen LogP contribution is 2.49. The minimum absolute atomic E-state index is 0.0508. The molecule has 1 unspecified atom stereocenters. The number of benzene rings is 2. The number of phenolic OH excluding ortho intramolecular Hbond substituents is 1. The van der Waals surface area contributed by atoms with Gasteiger partial charge in [-0.3, -0.25) is 9.89 Å². The van der Waals surface area contributed by atoms with E-state index in [2.05, 4.69) is 10.2 Å². The van der Waals surface area contributed by atoms with Crippen LogP contribution in [0.15, 0.2) is 36.4 Å². The molecule has 1 amide bonds. The quantitative estimate of drug-likeness (QED) is 0.551. The second-order valence-corrected chi connectivity index (χ2v) is 8.77. The van der Waals surface area contributed by atoms with Gasteiger partial charge in [0.25, 0.3) is 5.91 Å². The SMILES string of the molecule is COc1ccc(-c2n[nH]c3c2C(c2cc(OC)c(O)c(OC)c2)N(C2CCCCC2)C3=O)cc1. The maximum Gasteiger partial charge on any atom is 0.273 e. The van der Waals surface area contributed by atoms with Gasteiger partial charge in [-0.15, -0.1) is 0 Å². The third-order valence-electron chi connectivity index (χ3n) is 6.95. The van der Waals surface area contributed by atoms with Crippen LogP contribution in [0.1, 0.15) is 59.8 Å². The summed E-state index contributed by atoms with van der Waals surface area (Å²) in [6.45, 7) is 0. The summed E-state index contributed by atoms with van der Waals surface area (Å²) in [6.07, 6.45) is 5.31. The van der Waals surface area contributed by atoms with Crippen LogP contribution in [0.25, 0.3) is 11.3 Å². The standard InChI is InChI=1S/C26H29N3O5/c1-32-18-11-9-15(10-12-18)22-21-23(28-27-22)26(31)29(17-7-5-4-6-8-17)24(21)16-13-19(33-2)25(30)20(14-16)34-3/h9-14,17,24,30H,4-8H2,1-3H3,(H,27,28). The largest absolute Gasteiger partial charge is 0.502 e. The van der Waals surface area contributed by atoms with Crippen molar-refractivity contribution in [1.82, 2.24) is 15.1 Å². The van der Waals surface area contributed by atoms with Crippen LogP contribution in [0.5, 0.6) is 23.0 Å². The van der Waals surface area contributed by atoms with E-state index in [1.54, 1.807) is 19.2 Å². The fourth-order valence-electron chi connectivity index (χ4n) is 5.27. The Kier molecular flexibility index (Phi) is 5.81. The minimum Gasteiger partial charge on any atom is -0.502 e. The maximum absolute atomic E-state index is 13.7. The van der Waals surface area contributed by atoms with Crippen molar-refractivity contribution in [2.75, 3.05) is 21.3 Å². The molecular formula is C26H29N3O5. The highest BCUT2D eigenvalue weighted by molar-refractivity contribution is 6.00. The van der Waals surface area contributed by atoms with Crippen LogP contribution < -0.4 is 14.2 Å². The van der Waals surface area contributed by atoms with Crippen LogP contribution in [0.4, 0.5) is 0 Å². The van der Waals surface area contributed by atoms with Gasteiger partial charge in [-0.25, -0.2) is 0 Å². The van der Waals surface area contributed by atoms with Gasteiger partial charge in [-0.05, 0) is 54.8 Å². The molecule has 0 saturated heterocycles. The van der Waals surface area contributed by atoms with Crippen LogP contribution in [-0.4, -0.2) is 53.5 Å². The first kappa shape index (κ1) is 22.1. The lowest BCUT2D eigenvalue weighted by Gasteiger charge is -2.36. The fourth-order valence-corrected chi connectivity index (χ4v) is 5.27. The molecule has 2 N–H and O–H groups in total. The number of aromatic nitrogens is 2. The Morgan fingerprint density at radius 1 is 0.971 bits per heavy atom. The topological polar surface area (TPSA) is 96.9 Å². The predicted molar refractivity (Wildman–Crippen MR) is 127 cm³/mol. The number of rotatable bonds is 6. The number of aromatic hydroxyl groups is 1. The van der Waals surface area contributed by atoms with Gasteiger partial charge in [-0.1, -0.05) is 19.3 Å². The molecule has 0 radical (unpaired) electrons. The summed E-state index contributed by atoms with van der Waals surface area (Å²) in [5, 5.41) is 18.1. The molecule has 3 aromatic rings. The summed E-state index contributed by atoms with van der Waals surface area (Å²) in [7, 11) is 4.63. The number of carbonyl (C=O) groups is 1. The van der Waals surface area contributed by atoms with E-state index in [4.69, 9.17) is 14.2 Å². The van der Waals surface area contributed by atoms with E-state index in [0.29, 0.717) is 17.2 Å². The highest BCUT2D eigenvalue weighted by atomic mass is 16.5. The number of H-pyrrole nitrogens is 1. The molecule has 1 atom stereocenters. The van der Waals surface area contributed by atoms with Crippen molar-refractivity contribution in [2.45, 2.75) is 44.2 Å². The number of aromatic amines is 1. The van der Waals surface area contributed by atoms with Gasteiger partial charge >= 0.3 is 0 Å². The average Bonchev–Trinajstić information content (AvgIpc) is 3.43. The van der Waals surface area contributed by atoms with Gasteiger partial charge < -0.3 is 24.2 Å².